The van der Waals surface area contributed by atoms with Crippen LogP contribution in [0.15, 0.2) is 0 Å². The summed E-state index contributed by atoms with van der Waals surface area (Å²) < 4.78 is 1.79. The van der Waals surface area contributed by atoms with E-state index >= 15 is 0 Å². The van der Waals surface area contributed by atoms with Gasteiger partial charge in [-0.1, -0.05) is 24.9 Å². The number of hydrogen-bond donors (Lipinski definition) is 1. The van der Waals surface area contributed by atoms with Crippen LogP contribution in [0.5, 0.6) is 0 Å². The molecule has 0 saturated heterocycles. The zero-order valence-corrected chi connectivity index (χ0v) is 12.4. The van der Waals surface area contributed by atoms with Gasteiger partial charge >= 0.3 is 0 Å². The number of nitrogens with zero attached hydrogens (tertiary/aromatic N) is 2. The monoisotopic (exact) mass is 269 g/mol. The summed E-state index contributed by atoms with van der Waals surface area (Å²) in [5.74, 6) is 1.57. The molecule has 0 radical (unpaired) electrons. The van der Waals surface area contributed by atoms with Gasteiger partial charge in [0.1, 0.15) is 5.15 Å². The first-order valence-electron chi connectivity index (χ1n) is 7.02. The van der Waals surface area contributed by atoms with Crippen molar-refractivity contribution < 1.29 is 0 Å². The van der Waals surface area contributed by atoms with Gasteiger partial charge in [-0.3, -0.25) is 4.68 Å². The van der Waals surface area contributed by atoms with Crippen LogP contribution in [0.25, 0.3) is 0 Å². The zero-order chi connectivity index (χ0) is 13.1. The SMILES string of the molecule is CCNCC1CCCC1Cc1c(C)nn(C)c1Cl. The number of aromatic nitrogens is 2. The Morgan fingerprint density at radius 1 is 1.39 bits per heavy atom. The van der Waals surface area contributed by atoms with Crippen LogP contribution in [0.4, 0.5) is 0 Å². The molecule has 1 N–H and O–H groups in total. The third-order valence-corrected chi connectivity index (χ3v) is 4.68. The van der Waals surface area contributed by atoms with E-state index in [9.17, 15) is 0 Å². The lowest BCUT2D eigenvalue weighted by Crippen LogP contribution is -2.26. The second-order valence-corrected chi connectivity index (χ2v) is 5.80. The van der Waals surface area contributed by atoms with Crippen LogP contribution >= 0.6 is 11.6 Å². The molecular formula is C14H24ClN3. The molecule has 3 nitrogen and oxygen atoms in total. The first-order valence-corrected chi connectivity index (χ1v) is 7.40. The highest BCUT2D eigenvalue weighted by Gasteiger charge is 2.28. The van der Waals surface area contributed by atoms with E-state index in [1.807, 2.05) is 7.05 Å². The zero-order valence-electron chi connectivity index (χ0n) is 11.7. The minimum absolute atomic E-state index is 0.768. The standard InChI is InChI=1S/C14H24ClN3/c1-4-16-9-12-7-5-6-11(12)8-13-10(2)17-18(3)14(13)15/h11-12,16H,4-9H2,1-3H3. The van der Waals surface area contributed by atoms with E-state index in [0.717, 1.165) is 42.2 Å². The average Bonchev–Trinajstić information content (AvgIpc) is 2.87. The molecule has 0 aromatic carbocycles. The number of rotatable bonds is 5. The molecule has 2 unspecified atom stereocenters. The fourth-order valence-corrected chi connectivity index (χ4v) is 3.40. The summed E-state index contributed by atoms with van der Waals surface area (Å²) in [6, 6.07) is 0. The van der Waals surface area contributed by atoms with Crippen LogP contribution in [-0.4, -0.2) is 22.9 Å². The Kier molecular flexibility index (Phi) is 4.68. The average molecular weight is 270 g/mol. The van der Waals surface area contributed by atoms with Crippen molar-refractivity contribution in [3.05, 3.63) is 16.4 Å². The van der Waals surface area contributed by atoms with Crippen molar-refractivity contribution in [3.8, 4) is 0 Å². The molecule has 1 saturated carbocycles. The number of halogens is 1. The van der Waals surface area contributed by atoms with E-state index in [4.69, 9.17) is 11.6 Å². The molecule has 1 fully saturated rings. The first kappa shape index (κ1) is 13.9. The van der Waals surface area contributed by atoms with Gasteiger partial charge in [-0.25, -0.2) is 0 Å². The molecule has 1 aliphatic rings. The fourth-order valence-electron chi connectivity index (χ4n) is 3.15. The minimum Gasteiger partial charge on any atom is -0.317 e. The van der Waals surface area contributed by atoms with Gasteiger partial charge in [-0.15, -0.1) is 0 Å². The van der Waals surface area contributed by atoms with Crippen molar-refractivity contribution in [1.29, 1.82) is 0 Å². The maximum Gasteiger partial charge on any atom is 0.130 e. The van der Waals surface area contributed by atoms with Crippen LogP contribution < -0.4 is 5.32 Å². The maximum absolute atomic E-state index is 6.33. The van der Waals surface area contributed by atoms with Gasteiger partial charge in [0.15, 0.2) is 0 Å². The second-order valence-electron chi connectivity index (χ2n) is 5.44. The smallest absolute Gasteiger partial charge is 0.130 e. The molecule has 0 spiro atoms. The summed E-state index contributed by atoms with van der Waals surface area (Å²) in [5, 5.41) is 8.72. The third-order valence-electron chi connectivity index (χ3n) is 4.21. The molecule has 0 aliphatic heterocycles. The van der Waals surface area contributed by atoms with Gasteiger partial charge in [0, 0.05) is 12.6 Å². The molecule has 102 valence electrons. The van der Waals surface area contributed by atoms with Crippen molar-refractivity contribution in [3.63, 3.8) is 0 Å². The highest BCUT2D eigenvalue weighted by molar-refractivity contribution is 6.30. The normalized spacial score (nSPS) is 23.8. The highest BCUT2D eigenvalue weighted by Crippen LogP contribution is 2.35. The lowest BCUT2D eigenvalue weighted by Gasteiger charge is -2.19. The van der Waals surface area contributed by atoms with Crippen molar-refractivity contribution in [2.24, 2.45) is 18.9 Å². The highest BCUT2D eigenvalue weighted by atomic mass is 35.5. The van der Waals surface area contributed by atoms with Gasteiger partial charge in [0.25, 0.3) is 0 Å². The maximum atomic E-state index is 6.33. The van der Waals surface area contributed by atoms with E-state index in [1.165, 1.54) is 24.8 Å². The Labute approximate surface area is 115 Å². The Bertz CT molecular complexity index is 400. The molecule has 1 heterocycles. The van der Waals surface area contributed by atoms with E-state index in [2.05, 4.69) is 24.3 Å². The van der Waals surface area contributed by atoms with E-state index in [-0.39, 0.29) is 0 Å². The molecule has 2 atom stereocenters. The number of aryl methyl sites for hydroxylation is 2. The predicted molar refractivity (Wildman–Crippen MR) is 76.0 cm³/mol. The molecule has 18 heavy (non-hydrogen) atoms. The molecule has 0 amide bonds. The Morgan fingerprint density at radius 2 is 2.11 bits per heavy atom. The Hall–Kier alpha value is -0.540. The minimum atomic E-state index is 0.768. The lowest BCUT2D eigenvalue weighted by molar-refractivity contribution is 0.368. The molecule has 1 aliphatic carbocycles. The topological polar surface area (TPSA) is 29.9 Å². The summed E-state index contributed by atoms with van der Waals surface area (Å²) in [5.41, 5.74) is 2.35. The quantitative estimate of drug-likeness (QED) is 0.891. The fraction of sp³-hybridized carbons (Fsp3) is 0.786. The van der Waals surface area contributed by atoms with Crippen LogP contribution in [-0.2, 0) is 13.5 Å². The van der Waals surface area contributed by atoms with Crippen LogP contribution in [0.2, 0.25) is 5.15 Å². The van der Waals surface area contributed by atoms with Gasteiger partial charge in [-0.2, -0.15) is 5.10 Å². The van der Waals surface area contributed by atoms with Crippen LogP contribution in [0.3, 0.4) is 0 Å². The predicted octanol–water partition coefficient (Wildman–Crippen LogP) is 2.95. The van der Waals surface area contributed by atoms with Crippen molar-refractivity contribution in [2.75, 3.05) is 13.1 Å². The number of hydrogen-bond acceptors (Lipinski definition) is 2. The number of nitrogens with one attached hydrogen (secondary N) is 1. The molecule has 2 rings (SSSR count). The van der Waals surface area contributed by atoms with E-state index in [1.54, 1.807) is 4.68 Å². The first-order chi connectivity index (χ1) is 8.63. The summed E-state index contributed by atoms with van der Waals surface area (Å²) in [6.07, 6.45) is 5.14. The third kappa shape index (κ3) is 2.89. The Balaban J connectivity index is 2.03. The molecule has 4 heteroatoms. The summed E-state index contributed by atoms with van der Waals surface area (Å²) in [6.45, 7) is 6.45. The second kappa shape index (κ2) is 6.07. The largest absolute Gasteiger partial charge is 0.317 e. The molecule has 1 aromatic rings. The Morgan fingerprint density at radius 3 is 2.72 bits per heavy atom. The summed E-state index contributed by atoms with van der Waals surface area (Å²) in [7, 11) is 1.92. The molecule has 1 aromatic heterocycles. The summed E-state index contributed by atoms with van der Waals surface area (Å²) in [4.78, 5) is 0. The van der Waals surface area contributed by atoms with Gasteiger partial charge in [0.05, 0.1) is 5.69 Å². The molecular weight excluding hydrogens is 246 g/mol. The van der Waals surface area contributed by atoms with Crippen molar-refractivity contribution in [2.45, 2.75) is 39.5 Å². The van der Waals surface area contributed by atoms with Gasteiger partial charge in [-0.05, 0) is 51.1 Å². The van der Waals surface area contributed by atoms with E-state index in [0.29, 0.717) is 0 Å². The molecule has 0 bridgehead atoms. The summed E-state index contributed by atoms with van der Waals surface area (Å²) >= 11 is 6.33. The van der Waals surface area contributed by atoms with Crippen molar-refractivity contribution in [1.82, 2.24) is 15.1 Å². The van der Waals surface area contributed by atoms with E-state index < -0.39 is 0 Å². The van der Waals surface area contributed by atoms with Crippen LogP contribution in [0.1, 0.15) is 37.4 Å². The van der Waals surface area contributed by atoms with Crippen LogP contribution in [0, 0.1) is 18.8 Å². The lowest BCUT2D eigenvalue weighted by atomic mass is 9.90. The van der Waals surface area contributed by atoms with Gasteiger partial charge in [0.2, 0.25) is 0 Å². The van der Waals surface area contributed by atoms with Crippen molar-refractivity contribution >= 4 is 11.6 Å². The van der Waals surface area contributed by atoms with Gasteiger partial charge < -0.3 is 5.32 Å².